The summed E-state index contributed by atoms with van der Waals surface area (Å²) < 4.78 is 59.4. The number of rotatable bonds is 6. The summed E-state index contributed by atoms with van der Waals surface area (Å²) in [6.45, 7) is 2.06. The van der Waals surface area contributed by atoms with Gasteiger partial charge in [0.2, 0.25) is 0 Å². The molecule has 34 heavy (non-hydrogen) atoms. The first-order chi connectivity index (χ1) is 16.3. The van der Waals surface area contributed by atoms with Crippen molar-refractivity contribution in [1.82, 2.24) is 14.8 Å². The standard InChI is InChI=1S/C24H18F4N4O2/c1-2-34-23-30-21(15-7-9-16(10-8-15)24(26,27)28)32(31-23)18-13-11-17(12-14-18)29-22(33)19-5-3-4-6-20(19)25/h3-14H,2H2,1H3,(H,29,33). The Bertz CT molecular complexity index is 1300. The van der Waals surface area contributed by atoms with E-state index in [1.165, 1.54) is 35.0 Å². The molecular formula is C24H18F4N4O2. The highest BCUT2D eigenvalue weighted by molar-refractivity contribution is 6.04. The fraction of sp³-hybridized carbons (Fsp3) is 0.125. The Balaban J connectivity index is 1.62. The summed E-state index contributed by atoms with van der Waals surface area (Å²) in [5.41, 5.74) is 0.481. The number of nitrogens with one attached hydrogen (secondary N) is 1. The van der Waals surface area contributed by atoms with Gasteiger partial charge in [0, 0.05) is 11.3 Å². The van der Waals surface area contributed by atoms with Crippen LogP contribution in [-0.4, -0.2) is 27.3 Å². The largest absolute Gasteiger partial charge is 0.463 e. The number of hydrogen-bond acceptors (Lipinski definition) is 4. The molecule has 0 saturated heterocycles. The molecule has 0 fully saturated rings. The number of ether oxygens (including phenoxy) is 1. The van der Waals surface area contributed by atoms with Gasteiger partial charge in [-0.25, -0.2) is 9.07 Å². The quantitative estimate of drug-likeness (QED) is 0.365. The maximum atomic E-state index is 13.8. The Morgan fingerprint density at radius 3 is 2.29 bits per heavy atom. The molecule has 4 aromatic rings. The minimum absolute atomic E-state index is 0.0642. The van der Waals surface area contributed by atoms with Crippen LogP contribution in [0.2, 0.25) is 0 Å². The molecule has 1 N–H and O–H groups in total. The van der Waals surface area contributed by atoms with E-state index in [1.54, 1.807) is 37.3 Å². The molecule has 4 rings (SSSR count). The van der Waals surface area contributed by atoms with Gasteiger partial charge in [0.1, 0.15) is 5.82 Å². The lowest BCUT2D eigenvalue weighted by Crippen LogP contribution is -2.13. The Morgan fingerprint density at radius 1 is 1.00 bits per heavy atom. The first kappa shape index (κ1) is 23.0. The summed E-state index contributed by atoms with van der Waals surface area (Å²) in [5, 5.41) is 6.91. The van der Waals surface area contributed by atoms with Crippen molar-refractivity contribution in [3.63, 3.8) is 0 Å². The molecule has 0 radical (unpaired) electrons. The van der Waals surface area contributed by atoms with Crippen LogP contribution in [0.3, 0.4) is 0 Å². The van der Waals surface area contributed by atoms with Crippen LogP contribution in [0, 0.1) is 5.82 Å². The zero-order valence-corrected chi connectivity index (χ0v) is 17.8. The van der Waals surface area contributed by atoms with E-state index in [9.17, 15) is 22.4 Å². The fourth-order valence-electron chi connectivity index (χ4n) is 3.19. The number of aromatic nitrogens is 3. The van der Waals surface area contributed by atoms with Crippen molar-refractivity contribution in [2.45, 2.75) is 13.1 Å². The number of benzene rings is 3. The average Bonchev–Trinajstić information content (AvgIpc) is 3.23. The fourth-order valence-corrected chi connectivity index (χ4v) is 3.19. The zero-order valence-electron chi connectivity index (χ0n) is 17.8. The molecule has 0 aliphatic carbocycles. The highest BCUT2D eigenvalue weighted by Gasteiger charge is 2.30. The summed E-state index contributed by atoms with van der Waals surface area (Å²) in [5.74, 6) is -0.958. The number of hydrogen-bond donors (Lipinski definition) is 1. The Hall–Kier alpha value is -4.21. The molecule has 3 aromatic carbocycles. The lowest BCUT2D eigenvalue weighted by Gasteiger charge is -2.10. The van der Waals surface area contributed by atoms with E-state index in [4.69, 9.17) is 4.74 Å². The normalized spacial score (nSPS) is 11.3. The van der Waals surface area contributed by atoms with E-state index >= 15 is 0 Å². The summed E-state index contributed by atoms with van der Waals surface area (Å²) in [7, 11) is 0. The van der Waals surface area contributed by atoms with Gasteiger partial charge in [-0.05, 0) is 55.5 Å². The van der Waals surface area contributed by atoms with Crippen LogP contribution in [-0.2, 0) is 6.18 Å². The van der Waals surface area contributed by atoms with Gasteiger partial charge in [-0.15, -0.1) is 5.10 Å². The third-order valence-electron chi connectivity index (χ3n) is 4.82. The highest BCUT2D eigenvalue weighted by Crippen LogP contribution is 2.31. The van der Waals surface area contributed by atoms with Crippen molar-refractivity contribution in [1.29, 1.82) is 0 Å². The van der Waals surface area contributed by atoms with Gasteiger partial charge in [0.15, 0.2) is 5.82 Å². The van der Waals surface area contributed by atoms with Gasteiger partial charge in [0.25, 0.3) is 5.91 Å². The van der Waals surface area contributed by atoms with Gasteiger partial charge in [-0.3, -0.25) is 4.79 Å². The molecule has 6 nitrogen and oxygen atoms in total. The number of carbonyl (C=O) groups is 1. The molecular weight excluding hydrogens is 452 g/mol. The van der Waals surface area contributed by atoms with Crippen LogP contribution in [0.15, 0.2) is 72.8 Å². The highest BCUT2D eigenvalue weighted by atomic mass is 19.4. The molecule has 174 valence electrons. The van der Waals surface area contributed by atoms with E-state index in [-0.39, 0.29) is 17.4 Å². The Labute approximate surface area is 191 Å². The Morgan fingerprint density at radius 2 is 1.68 bits per heavy atom. The SMILES string of the molecule is CCOc1nc(-c2ccc(C(F)(F)F)cc2)n(-c2ccc(NC(=O)c3ccccc3F)cc2)n1. The molecule has 1 amide bonds. The average molecular weight is 470 g/mol. The monoisotopic (exact) mass is 470 g/mol. The lowest BCUT2D eigenvalue weighted by molar-refractivity contribution is -0.137. The number of halogens is 4. The van der Waals surface area contributed by atoms with E-state index < -0.39 is 23.5 Å². The molecule has 0 aliphatic rings. The molecule has 1 heterocycles. The molecule has 0 spiro atoms. The van der Waals surface area contributed by atoms with Gasteiger partial charge in [0.05, 0.1) is 23.4 Å². The van der Waals surface area contributed by atoms with Gasteiger partial charge in [-0.2, -0.15) is 18.2 Å². The molecule has 0 saturated carbocycles. The van der Waals surface area contributed by atoms with E-state index in [2.05, 4.69) is 15.4 Å². The second kappa shape index (κ2) is 9.34. The Kier molecular flexibility index (Phi) is 6.31. The lowest BCUT2D eigenvalue weighted by atomic mass is 10.1. The predicted molar refractivity (Wildman–Crippen MR) is 117 cm³/mol. The minimum Gasteiger partial charge on any atom is -0.463 e. The molecule has 1 aromatic heterocycles. The van der Waals surface area contributed by atoms with Gasteiger partial charge >= 0.3 is 12.2 Å². The first-order valence-corrected chi connectivity index (χ1v) is 10.2. The number of carbonyl (C=O) groups excluding carboxylic acids is 1. The number of nitrogens with zero attached hydrogens (tertiary/aromatic N) is 3. The smallest absolute Gasteiger partial charge is 0.416 e. The first-order valence-electron chi connectivity index (χ1n) is 10.2. The van der Waals surface area contributed by atoms with E-state index in [1.807, 2.05) is 0 Å². The van der Waals surface area contributed by atoms with Gasteiger partial charge < -0.3 is 10.1 Å². The van der Waals surface area contributed by atoms with Crippen LogP contribution >= 0.6 is 0 Å². The van der Waals surface area contributed by atoms with Gasteiger partial charge in [-0.1, -0.05) is 24.3 Å². The van der Waals surface area contributed by atoms with Crippen LogP contribution < -0.4 is 10.1 Å². The number of amides is 1. The molecule has 0 bridgehead atoms. The molecule has 0 aliphatic heterocycles. The number of anilines is 1. The predicted octanol–water partition coefficient (Wildman–Crippen LogP) is 5.74. The van der Waals surface area contributed by atoms with E-state index in [0.717, 1.165) is 12.1 Å². The number of alkyl halides is 3. The van der Waals surface area contributed by atoms with Crippen molar-refractivity contribution < 1.29 is 27.1 Å². The minimum atomic E-state index is -4.45. The van der Waals surface area contributed by atoms with Crippen LogP contribution in [0.1, 0.15) is 22.8 Å². The summed E-state index contributed by atoms with van der Waals surface area (Å²) in [6, 6.07) is 16.7. The third-order valence-corrected chi connectivity index (χ3v) is 4.82. The van der Waals surface area contributed by atoms with Crippen molar-refractivity contribution in [3.05, 3.63) is 89.7 Å². The molecule has 0 unspecified atom stereocenters. The van der Waals surface area contributed by atoms with Crippen molar-refractivity contribution in [3.8, 4) is 23.1 Å². The molecule has 0 atom stereocenters. The van der Waals surface area contributed by atoms with Crippen LogP contribution in [0.4, 0.5) is 23.2 Å². The van der Waals surface area contributed by atoms with Crippen molar-refractivity contribution in [2.24, 2.45) is 0 Å². The topological polar surface area (TPSA) is 69.0 Å². The maximum absolute atomic E-state index is 13.8. The summed E-state index contributed by atoms with van der Waals surface area (Å²) in [6.07, 6.45) is -4.45. The van der Waals surface area contributed by atoms with Crippen molar-refractivity contribution >= 4 is 11.6 Å². The van der Waals surface area contributed by atoms with Crippen LogP contribution in [0.25, 0.3) is 17.1 Å². The second-order valence-electron chi connectivity index (χ2n) is 7.12. The maximum Gasteiger partial charge on any atom is 0.416 e. The zero-order chi connectivity index (χ0) is 24.3. The third kappa shape index (κ3) is 4.90. The summed E-state index contributed by atoms with van der Waals surface area (Å²) >= 11 is 0. The summed E-state index contributed by atoms with van der Waals surface area (Å²) in [4.78, 5) is 16.6. The van der Waals surface area contributed by atoms with E-state index in [0.29, 0.717) is 23.5 Å². The molecule has 10 heteroatoms. The van der Waals surface area contributed by atoms with Crippen LogP contribution in [0.5, 0.6) is 6.01 Å². The van der Waals surface area contributed by atoms with Crippen molar-refractivity contribution in [2.75, 3.05) is 11.9 Å². The second-order valence-corrected chi connectivity index (χ2v) is 7.12.